The van der Waals surface area contributed by atoms with Crippen molar-refractivity contribution in [1.29, 1.82) is 0 Å². The Morgan fingerprint density at radius 3 is 2.71 bits per heavy atom. The molecule has 0 atom stereocenters. The highest BCUT2D eigenvalue weighted by Gasteiger charge is 2.10. The highest BCUT2D eigenvalue weighted by Crippen LogP contribution is 2.08. The Kier molecular flexibility index (Phi) is 5.57. The second-order valence-corrected chi connectivity index (χ2v) is 3.36. The number of nitrogens with one attached hydrogen (secondary N) is 1. The van der Waals surface area contributed by atoms with E-state index in [1.165, 1.54) is 0 Å². The fourth-order valence-electron chi connectivity index (χ4n) is 1.15. The van der Waals surface area contributed by atoms with Crippen LogP contribution in [0, 0.1) is 0 Å². The molecule has 2 amide bonds. The Balaban J connectivity index is 2.47. The van der Waals surface area contributed by atoms with E-state index in [1.54, 1.807) is 30.7 Å². The summed E-state index contributed by atoms with van der Waals surface area (Å²) in [5.41, 5.74) is 2.81. The Morgan fingerprint density at radius 2 is 2.12 bits per heavy atom. The minimum Gasteiger partial charge on any atom is -0.448 e. The number of ether oxygens (including phenoxy) is 1. The van der Waals surface area contributed by atoms with E-state index in [4.69, 9.17) is 4.74 Å². The van der Waals surface area contributed by atoms with Crippen LogP contribution in [-0.2, 0) is 9.53 Å². The number of benzene rings is 1. The summed E-state index contributed by atoms with van der Waals surface area (Å²) in [6.45, 7) is 2.33. The highest BCUT2D eigenvalue weighted by atomic mass is 16.6. The average Bonchev–Trinajstić information content (AvgIpc) is 2.37. The molecule has 1 aromatic carbocycles. The van der Waals surface area contributed by atoms with Gasteiger partial charge in [0.25, 0.3) is 0 Å². The zero-order valence-corrected chi connectivity index (χ0v) is 9.68. The van der Waals surface area contributed by atoms with Gasteiger partial charge in [-0.15, -0.1) is 0 Å². The molecule has 0 heterocycles. The lowest BCUT2D eigenvalue weighted by molar-refractivity contribution is 0.145. The lowest BCUT2D eigenvalue weighted by atomic mass is 10.3. The summed E-state index contributed by atoms with van der Waals surface area (Å²) < 4.78 is 4.87. The van der Waals surface area contributed by atoms with Crippen LogP contribution in [0.3, 0.4) is 0 Å². The number of unbranched alkanes of at least 4 members (excludes halogenated alkanes) is 1. The summed E-state index contributed by atoms with van der Waals surface area (Å²) in [4.78, 5) is 22.0. The van der Waals surface area contributed by atoms with Gasteiger partial charge in [0.15, 0.2) is 0 Å². The van der Waals surface area contributed by atoms with Gasteiger partial charge in [-0.1, -0.05) is 31.5 Å². The number of para-hydroxylation sites is 1. The number of rotatable bonds is 6. The van der Waals surface area contributed by atoms with Crippen LogP contribution in [0.25, 0.3) is 0 Å². The lowest BCUT2D eigenvalue weighted by Crippen LogP contribution is -2.41. The van der Waals surface area contributed by atoms with E-state index in [1.807, 2.05) is 13.0 Å². The van der Waals surface area contributed by atoms with Crippen LogP contribution < -0.4 is 10.4 Å². The van der Waals surface area contributed by atoms with E-state index < -0.39 is 6.09 Å². The van der Waals surface area contributed by atoms with Crippen molar-refractivity contribution in [2.75, 3.05) is 11.6 Å². The first kappa shape index (κ1) is 13.0. The zero-order chi connectivity index (χ0) is 12.5. The number of hydrogen-bond donors (Lipinski definition) is 1. The predicted molar refractivity (Wildman–Crippen MR) is 64.0 cm³/mol. The fraction of sp³-hybridized carbons (Fsp3) is 0.333. The lowest BCUT2D eigenvalue weighted by Gasteiger charge is -2.16. The van der Waals surface area contributed by atoms with E-state index >= 15 is 0 Å². The van der Waals surface area contributed by atoms with Crippen molar-refractivity contribution in [3.63, 3.8) is 0 Å². The third-order valence-electron chi connectivity index (χ3n) is 2.04. The third-order valence-corrected chi connectivity index (χ3v) is 2.04. The molecule has 1 radical (unpaired) electrons. The molecule has 0 fully saturated rings. The molecule has 91 valence electrons. The Labute approximate surface area is 100 Å². The molecule has 0 spiro atoms. The maximum atomic E-state index is 11.3. The summed E-state index contributed by atoms with van der Waals surface area (Å²) in [7, 11) is 0. The molecule has 0 saturated carbocycles. The molecule has 0 bridgehead atoms. The molecule has 5 nitrogen and oxygen atoms in total. The van der Waals surface area contributed by atoms with Crippen molar-refractivity contribution < 1.29 is 14.3 Å². The van der Waals surface area contributed by atoms with Gasteiger partial charge >= 0.3 is 12.5 Å². The normalized spacial score (nSPS) is 9.47. The standard InChI is InChI=1S/C12H15N2O3/c1-2-3-9-17-12(16)13-14(10-15)11-7-5-4-6-8-11/h4-8H,2-3,9H2,1H3,(H,13,16). The Morgan fingerprint density at radius 1 is 1.41 bits per heavy atom. The first-order valence-electron chi connectivity index (χ1n) is 5.44. The van der Waals surface area contributed by atoms with E-state index in [-0.39, 0.29) is 0 Å². The molecule has 0 aliphatic heterocycles. The number of carbonyl (C=O) groups is 1. The molecular weight excluding hydrogens is 220 g/mol. The van der Waals surface area contributed by atoms with Crippen molar-refractivity contribution in [2.24, 2.45) is 0 Å². The first-order chi connectivity index (χ1) is 8.27. The molecule has 0 unspecified atom stereocenters. The van der Waals surface area contributed by atoms with Gasteiger partial charge in [-0.3, -0.25) is 4.79 Å². The van der Waals surface area contributed by atoms with Crippen molar-refractivity contribution in [3.05, 3.63) is 30.3 Å². The van der Waals surface area contributed by atoms with Crippen LogP contribution in [0.1, 0.15) is 19.8 Å². The smallest absolute Gasteiger partial charge is 0.426 e. The molecule has 0 aliphatic rings. The van der Waals surface area contributed by atoms with Crippen molar-refractivity contribution in [1.82, 2.24) is 5.43 Å². The Bertz CT molecular complexity index is 354. The molecule has 0 aromatic heterocycles. The van der Waals surface area contributed by atoms with Crippen LogP contribution in [-0.4, -0.2) is 19.1 Å². The van der Waals surface area contributed by atoms with Gasteiger partial charge in [-0.05, 0) is 18.6 Å². The molecule has 17 heavy (non-hydrogen) atoms. The largest absolute Gasteiger partial charge is 0.448 e. The fourth-order valence-corrected chi connectivity index (χ4v) is 1.15. The van der Waals surface area contributed by atoms with Gasteiger partial charge in [0, 0.05) is 0 Å². The topological polar surface area (TPSA) is 58.6 Å². The van der Waals surface area contributed by atoms with Gasteiger partial charge in [0.1, 0.15) is 0 Å². The van der Waals surface area contributed by atoms with Crippen LogP contribution in [0.2, 0.25) is 0 Å². The van der Waals surface area contributed by atoms with Crippen molar-refractivity contribution in [2.45, 2.75) is 19.8 Å². The highest BCUT2D eigenvalue weighted by molar-refractivity contribution is 5.81. The summed E-state index contributed by atoms with van der Waals surface area (Å²) in [5, 5.41) is 0.953. The quantitative estimate of drug-likeness (QED) is 0.466. The van der Waals surface area contributed by atoms with Crippen LogP contribution in [0.15, 0.2) is 30.3 Å². The van der Waals surface area contributed by atoms with Gasteiger partial charge in [-0.2, -0.15) is 0 Å². The minimum absolute atomic E-state index is 0.337. The Hall–Kier alpha value is -2.04. The van der Waals surface area contributed by atoms with Crippen LogP contribution in [0.5, 0.6) is 0 Å². The molecule has 5 heteroatoms. The van der Waals surface area contributed by atoms with Crippen molar-refractivity contribution in [3.8, 4) is 0 Å². The second-order valence-electron chi connectivity index (χ2n) is 3.36. The number of hydrogen-bond acceptors (Lipinski definition) is 3. The van der Waals surface area contributed by atoms with E-state index in [2.05, 4.69) is 5.43 Å². The molecule has 1 aromatic rings. The zero-order valence-electron chi connectivity index (χ0n) is 9.68. The maximum absolute atomic E-state index is 11.3. The number of anilines is 1. The molecular formula is C12H15N2O3. The molecule has 1 rings (SSSR count). The van der Waals surface area contributed by atoms with E-state index in [0.29, 0.717) is 12.3 Å². The summed E-state index contributed by atoms with van der Waals surface area (Å²) >= 11 is 0. The van der Waals surface area contributed by atoms with E-state index in [0.717, 1.165) is 17.9 Å². The van der Waals surface area contributed by atoms with Crippen LogP contribution in [0.4, 0.5) is 10.5 Å². The number of hydrazine groups is 1. The van der Waals surface area contributed by atoms with Crippen molar-refractivity contribution >= 4 is 18.2 Å². The minimum atomic E-state index is -0.661. The monoisotopic (exact) mass is 235 g/mol. The summed E-state index contributed by atoms with van der Waals surface area (Å²) in [5.74, 6) is 0. The van der Waals surface area contributed by atoms with Gasteiger partial charge in [-0.25, -0.2) is 15.2 Å². The van der Waals surface area contributed by atoms with E-state index in [9.17, 15) is 9.59 Å². The molecule has 0 aliphatic carbocycles. The molecule has 0 saturated heterocycles. The first-order valence-corrected chi connectivity index (χ1v) is 5.44. The maximum Gasteiger partial charge on any atom is 0.426 e. The molecule has 1 N–H and O–H groups in total. The second kappa shape index (κ2) is 7.27. The third kappa shape index (κ3) is 4.55. The van der Waals surface area contributed by atoms with Gasteiger partial charge in [0.05, 0.1) is 12.3 Å². The number of nitrogens with zero attached hydrogens (tertiary/aromatic N) is 1. The van der Waals surface area contributed by atoms with Gasteiger partial charge < -0.3 is 4.74 Å². The SMILES string of the molecule is CCCCOC(=O)NN([C]=O)c1ccccc1. The summed E-state index contributed by atoms with van der Waals surface area (Å²) in [6.07, 6.45) is 2.68. The summed E-state index contributed by atoms with van der Waals surface area (Å²) in [6, 6.07) is 8.67. The predicted octanol–water partition coefficient (Wildman–Crippen LogP) is 2.00. The van der Waals surface area contributed by atoms with Gasteiger partial charge in [0.2, 0.25) is 0 Å². The number of amides is 2. The number of carbonyl (C=O) groups excluding carboxylic acids is 2. The average molecular weight is 235 g/mol. The van der Waals surface area contributed by atoms with Crippen LogP contribution >= 0.6 is 0 Å².